The van der Waals surface area contributed by atoms with Crippen LogP contribution in [-0.4, -0.2) is 49.0 Å². The minimum absolute atomic E-state index is 0.0941. The third-order valence-electron chi connectivity index (χ3n) is 2.06. The number of methoxy groups -OCH3 is 1. The van der Waals surface area contributed by atoms with Gasteiger partial charge in [-0.2, -0.15) is 11.8 Å². The lowest BCUT2D eigenvalue weighted by Crippen LogP contribution is -2.42. The van der Waals surface area contributed by atoms with Gasteiger partial charge in [-0.1, -0.05) is 6.92 Å². The normalized spacial score (nSPS) is 12.0. The molecule has 0 aromatic carbocycles. The van der Waals surface area contributed by atoms with Gasteiger partial charge in [0.25, 0.3) is 0 Å². The van der Waals surface area contributed by atoms with Gasteiger partial charge in [0.05, 0.1) is 7.11 Å². The molecule has 0 aromatic heterocycles. The number of thioether (sulfide) groups is 1. The molecule has 5 heteroatoms. The molecule has 0 bridgehead atoms. The van der Waals surface area contributed by atoms with Gasteiger partial charge in [-0.25, -0.2) is 4.79 Å². The first-order valence-electron chi connectivity index (χ1n) is 4.42. The number of carbonyl (C=O) groups excluding carboxylic acids is 2. The monoisotopic (exact) mass is 219 g/mol. The van der Waals surface area contributed by atoms with Crippen molar-refractivity contribution in [1.29, 1.82) is 0 Å². The van der Waals surface area contributed by atoms with Crippen LogP contribution < -0.4 is 0 Å². The molecule has 1 unspecified atom stereocenters. The first-order chi connectivity index (χ1) is 6.58. The van der Waals surface area contributed by atoms with Crippen LogP contribution in [0.1, 0.15) is 13.3 Å². The van der Waals surface area contributed by atoms with Crippen molar-refractivity contribution in [3.05, 3.63) is 0 Å². The zero-order valence-corrected chi connectivity index (χ0v) is 9.89. The molecule has 0 saturated heterocycles. The zero-order valence-electron chi connectivity index (χ0n) is 9.07. The number of hydrogen-bond donors (Lipinski definition) is 0. The summed E-state index contributed by atoms with van der Waals surface area (Å²) in [6, 6.07) is 0.0941. The van der Waals surface area contributed by atoms with Crippen LogP contribution in [0.25, 0.3) is 0 Å². The van der Waals surface area contributed by atoms with E-state index in [9.17, 15) is 9.59 Å². The molecule has 0 N–H and O–H groups in total. The van der Waals surface area contributed by atoms with Crippen LogP contribution in [0.3, 0.4) is 0 Å². The smallest absolute Gasteiger partial charge is 0.396 e. The third kappa shape index (κ3) is 3.57. The molecule has 0 heterocycles. The summed E-state index contributed by atoms with van der Waals surface area (Å²) in [5.74, 6) is -0.545. The standard InChI is InChI=1S/C9H17NO3S/c1-5-7(6-14-4)10(2)8(11)9(12)13-3/h7H,5-6H2,1-4H3. The summed E-state index contributed by atoms with van der Waals surface area (Å²) >= 11 is 1.65. The molecule has 0 rings (SSSR count). The van der Waals surface area contributed by atoms with Crippen LogP contribution in [0.2, 0.25) is 0 Å². The second-order valence-corrected chi connectivity index (χ2v) is 3.84. The molecule has 4 nitrogen and oxygen atoms in total. The molecule has 0 fully saturated rings. The van der Waals surface area contributed by atoms with Gasteiger partial charge in [-0.05, 0) is 12.7 Å². The maximum atomic E-state index is 11.4. The van der Waals surface area contributed by atoms with E-state index in [1.807, 2.05) is 13.2 Å². The molecule has 0 aliphatic rings. The van der Waals surface area contributed by atoms with E-state index in [2.05, 4.69) is 4.74 Å². The SMILES string of the molecule is CCC(CSC)N(C)C(=O)C(=O)OC. The zero-order chi connectivity index (χ0) is 11.1. The summed E-state index contributed by atoms with van der Waals surface area (Å²) in [5.41, 5.74) is 0. The van der Waals surface area contributed by atoms with Crippen molar-refractivity contribution >= 4 is 23.6 Å². The van der Waals surface area contributed by atoms with Crippen LogP contribution >= 0.6 is 11.8 Å². The molecule has 0 saturated carbocycles. The van der Waals surface area contributed by atoms with Gasteiger partial charge < -0.3 is 9.64 Å². The Hall–Kier alpha value is -0.710. The Bertz CT molecular complexity index is 208. The van der Waals surface area contributed by atoms with Crippen LogP contribution in [-0.2, 0) is 14.3 Å². The van der Waals surface area contributed by atoms with E-state index in [4.69, 9.17) is 0 Å². The number of likely N-dealkylation sites (N-methyl/N-ethyl adjacent to an activating group) is 1. The van der Waals surface area contributed by atoms with E-state index in [1.165, 1.54) is 12.0 Å². The minimum Gasteiger partial charge on any atom is -0.462 e. The predicted molar refractivity (Wildman–Crippen MR) is 57.2 cm³/mol. The van der Waals surface area contributed by atoms with Crippen molar-refractivity contribution in [2.24, 2.45) is 0 Å². The summed E-state index contributed by atoms with van der Waals surface area (Å²) in [7, 11) is 2.84. The minimum atomic E-state index is -0.799. The second-order valence-electron chi connectivity index (χ2n) is 2.93. The summed E-state index contributed by atoms with van der Waals surface area (Å²) in [5, 5.41) is 0. The first-order valence-corrected chi connectivity index (χ1v) is 5.81. The Labute approximate surface area is 89.0 Å². The van der Waals surface area contributed by atoms with Crippen molar-refractivity contribution in [3.63, 3.8) is 0 Å². The highest BCUT2D eigenvalue weighted by molar-refractivity contribution is 7.98. The predicted octanol–water partition coefficient (Wildman–Crippen LogP) is 0.759. The quantitative estimate of drug-likeness (QED) is 0.517. The molecule has 0 aromatic rings. The van der Waals surface area contributed by atoms with E-state index < -0.39 is 11.9 Å². The number of rotatable bonds is 4. The fourth-order valence-corrected chi connectivity index (χ4v) is 1.94. The number of amides is 1. The van der Waals surface area contributed by atoms with E-state index in [-0.39, 0.29) is 6.04 Å². The number of hydrogen-bond acceptors (Lipinski definition) is 4. The average molecular weight is 219 g/mol. The van der Waals surface area contributed by atoms with Crippen LogP contribution in [0, 0.1) is 0 Å². The van der Waals surface area contributed by atoms with Gasteiger partial charge in [0.1, 0.15) is 0 Å². The van der Waals surface area contributed by atoms with Crippen LogP contribution in [0.15, 0.2) is 0 Å². The average Bonchev–Trinajstić information content (AvgIpc) is 2.22. The summed E-state index contributed by atoms with van der Waals surface area (Å²) in [6.07, 6.45) is 2.80. The highest BCUT2D eigenvalue weighted by Gasteiger charge is 2.24. The van der Waals surface area contributed by atoms with E-state index in [0.29, 0.717) is 0 Å². The van der Waals surface area contributed by atoms with Crippen molar-refractivity contribution in [1.82, 2.24) is 4.90 Å². The largest absolute Gasteiger partial charge is 0.462 e. The molecular formula is C9H17NO3S. The Kier molecular flexibility index (Phi) is 6.36. The van der Waals surface area contributed by atoms with Crippen LogP contribution in [0.5, 0.6) is 0 Å². The lowest BCUT2D eigenvalue weighted by atomic mass is 10.2. The summed E-state index contributed by atoms with van der Waals surface area (Å²) < 4.78 is 4.37. The number of carbonyl (C=O) groups is 2. The number of ether oxygens (including phenoxy) is 1. The topological polar surface area (TPSA) is 46.6 Å². The second kappa shape index (κ2) is 6.70. The Balaban J connectivity index is 4.33. The Morgan fingerprint density at radius 1 is 1.50 bits per heavy atom. The number of esters is 1. The van der Waals surface area contributed by atoms with Crippen LogP contribution in [0.4, 0.5) is 0 Å². The number of nitrogens with zero attached hydrogens (tertiary/aromatic N) is 1. The molecule has 1 atom stereocenters. The van der Waals surface area contributed by atoms with Crippen molar-refractivity contribution in [2.75, 3.05) is 26.2 Å². The van der Waals surface area contributed by atoms with Gasteiger partial charge in [-0.3, -0.25) is 4.79 Å². The van der Waals surface area contributed by atoms with Gasteiger partial charge in [0, 0.05) is 18.8 Å². The fraction of sp³-hybridized carbons (Fsp3) is 0.778. The van der Waals surface area contributed by atoms with E-state index >= 15 is 0 Å². The third-order valence-corrected chi connectivity index (χ3v) is 2.78. The molecule has 0 aliphatic carbocycles. The Morgan fingerprint density at radius 2 is 2.07 bits per heavy atom. The van der Waals surface area contributed by atoms with E-state index in [1.54, 1.807) is 18.8 Å². The van der Waals surface area contributed by atoms with Crippen molar-refractivity contribution < 1.29 is 14.3 Å². The van der Waals surface area contributed by atoms with E-state index in [0.717, 1.165) is 12.2 Å². The lowest BCUT2D eigenvalue weighted by Gasteiger charge is -2.25. The fourth-order valence-electron chi connectivity index (χ4n) is 1.09. The van der Waals surface area contributed by atoms with Gasteiger partial charge in [0.15, 0.2) is 0 Å². The first kappa shape index (κ1) is 13.3. The maximum absolute atomic E-state index is 11.4. The highest BCUT2D eigenvalue weighted by atomic mass is 32.2. The molecule has 14 heavy (non-hydrogen) atoms. The molecule has 1 amide bonds. The lowest BCUT2D eigenvalue weighted by molar-refractivity contribution is -0.158. The van der Waals surface area contributed by atoms with Gasteiger partial charge in [-0.15, -0.1) is 0 Å². The highest BCUT2D eigenvalue weighted by Crippen LogP contribution is 2.08. The maximum Gasteiger partial charge on any atom is 0.396 e. The molecule has 82 valence electrons. The molecule has 0 spiro atoms. The van der Waals surface area contributed by atoms with Crippen molar-refractivity contribution in [3.8, 4) is 0 Å². The summed E-state index contributed by atoms with van der Waals surface area (Å²) in [4.78, 5) is 23.8. The molecule has 0 aliphatic heterocycles. The van der Waals surface area contributed by atoms with Gasteiger partial charge >= 0.3 is 11.9 Å². The molecule has 0 radical (unpaired) electrons. The summed E-state index contributed by atoms with van der Waals surface area (Å²) in [6.45, 7) is 1.99. The van der Waals surface area contributed by atoms with Gasteiger partial charge in [0.2, 0.25) is 0 Å². The molecular weight excluding hydrogens is 202 g/mol. The van der Waals surface area contributed by atoms with Crippen molar-refractivity contribution in [2.45, 2.75) is 19.4 Å². The Morgan fingerprint density at radius 3 is 2.43 bits per heavy atom.